The molecule has 0 saturated carbocycles. The molecule has 0 radical (unpaired) electrons. The van der Waals surface area contributed by atoms with Crippen LogP contribution in [0, 0.1) is 0 Å². The van der Waals surface area contributed by atoms with Gasteiger partial charge in [0.25, 0.3) is 5.91 Å². The number of halogens is 1. The molecule has 0 spiro atoms. The standard InChI is InChI=1S/C18H20BrN3O2S/c19-14-6-4-13(5-7-14)16(17(20)23)21-8-2-9-22(11-10-21)18(24)15-3-1-12-25-15/h1,3-7,12,16H,2,8-11H2,(H2,20,23). The van der Waals surface area contributed by atoms with Crippen LogP contribution in [-0.2, 0) is 4.79 Å². The van der Waals surface area contributed by atoms with E-state index in [1.54, 1.807) is 0 Å². The highest BCUT2D eigenvalue weighted by atomic mass is 79.9. The van der Waals surface area contributed by atoms with Gasteiger partial charge < -0.3 is 10.6 Å². The summed E-state index contributed by atoms with van der Waals surface area (Å²) in [6, 6.07) is 10.9. The van der Waals surface area contributed by atoms with Gasteiger partial charge in [-0.3, -0.25) is 14.5 Å². The molecule has 1 aromatic carbocycles. The molecule has 1 aliphatic rings. The van der Waals surface area contributed by atoms with Crippen molar-refractivity contribution in [2.75, 3.05) is 26.2 Å². The summed E-state index contributed by atoms with van der Waals surface area (Å²) in [4.78, 5) is 29.3. The van der Waals surface area contributed by atoms with Crippen LogP contribution >= 0.6 is 27.3 Å². The average molecular weight is 422 g/mol. The maximum absolute atomic E-state index is 12.6. The van der Waals surface area contributed by atoms with E-state index in [1.807, 2.05) is 46.7 Å². The lowest BCUT2D eigenvalue weighted by atomic mass is 10.0. The van der Waals surface area contributed by atoms with E-state index in [9.17, 15) is 9.59 Å². The number of carbonyl (C=O) groups excluding carboxylic acids is 2. The van der Waals surface area contributed by atoms with Crippen molar-refractivity contribution in [3.63, 3.8) is 0 Å². The number of nitrogens with zero attached hydrogens (tertiary/aromatic N) is 2. The van der Waals surface area contributed by atoms with E-state index in [2.05, 4.69) is 20.8 Å². The lowest BCUT2D eigenvalue weighted by Crippen LogP contribution is -2.40. The predicted octanol–water partition coefficient (Wildman–Crippen LogP) is 2.89. The second-order valence-electron chi connectivity index (χ2n) is 6.02. The number of hydrogen-bond acceptors (Lipinski definition) is 4. The van der Waals surface area contributed by atoms with Crippen molar-refractivity contribution in [3.05, 3.63) is 56.7 Å². The summed E-state index contributed by atoms with van der Waals surface area (Å²) in [6.07, 6.45) is 0.817. The summed E-state index contributed by atoms with van der Waals surface area (Å²) in [5, 5.41) is 1.91. The highest BCUT2D eigenvalue weighted by Crippen LogP contribution is 2.24. The average Bonchev–Trinajstić information content (AvgIpc) is 3.02. The molecule has 1 fully saturated rings. The van der Waals surface area contributed by atoms with Crippen LogP contribution in [0.4, 0.5) is 0 Å². The molecule has 1 unspecified atom stereocenters. The van der Waals surface area contributed by atoms with E-state index < -0.39 is 6.04 Å². The number of primary amides is 1. The first kappa shape index (κ1) is 18.1. The van der Waals surface area contributed by atoms with Gasteiger partial charge in [-0.1, -0.05) is 34.1 Å². The number of nitrogens with two attached hydrogens (primary N) is 1. The number of rotatable bonds is 4. The van der Waals surface area contributed by atoms with Crippen LogP contribution in [0.1, 0.15) is 27.7 Å². The van der Waals surface area contributed by atoms with Gasteiger partial charge in [-0.25, -0.2) is 0 Å². The quantitative estimate of drug-likeness (QED) is 0.824. The van der Waals surface area contributed by atoms with Gasteiger partial charge in [-0.2, -0.15) is 0 Å². The lowest BCUT2D eigenvalue weighted by Gasteiger charge is -2.28. The molecule has 1 saturated heterocycles. The highest BCUT2D eigenvalue weighted by molar-refractivity contribution is 9.10. The van der Waals surface area contributed by atoms with Crippen molar-refractivity contribution in [3.8, 4) is 0 Å². The zero-order valence-corrected chi connectivity index (χ0v) is 16.1. The minimum absolute atomic E-state index is 0.0658. The van der Waals surface area contributed by atoms with E-state index in [1.165, 1.54) is 11.3 Å². The molecule has 1 aromatic heterocycles. The van der Waals surface area contributed by atoms with Crippen molar-refractivity contribution < 1.29 is 9.59 Å². The molecule has 2 amide bonds. The summed E-state index contributed by atoms with van der Waals surface area (Å²) in [7, 11) is 0. The topological polar surface area (TPSA) is 66.6 Å². The van der Waals surface area contributed by atoms with Crippen LogP contribution in [-0.4, -0.2) is 47.8 Å². The summed E-state index contributed by atoms with van der Waals surface area (Å²) >= 11 is 4.87. The van der Waals surface area contributed by atoms with Crippen LogP contribution in [0.3, 0.4) is 0 Å². The fourth-order valence-corrected chi connectivity index (χ4v) is 4.11. The zero-order chi connectivity index (χ0) is 17.8. The molecule has 2 heterocycles. The first-order chi connectivity index (χ1) is 12.1. The lowest BCUT2D eigenvalue weighted by molar-refractivity contribution is -0.123. The van der Waals surface area contributed by atoms with Crippen LogP contribution < -0.4 is 5.73 Å². The second-order valence-corrected chi connectivity index (χ2v) is 7.88. The van der Waals surface area contributed by atoms with E-state index in [-0.39, 0.29) is 11.8 Å². The summed E-state index contributed by atoms with van der Waals surface area (Å²) in [6.45, 7) is 2.65. The van der Waals surface area contributed by atoms with Crippen molar-refractivity contribution in [1.82, 2.24) is 9.80 Å². The van der Waals surface area contributed by atoms with E-state index in [4.69, 9.17) is 5.73 Å². The van der Waals surface area contributed by atoms with Crippen LogP contribution in [0.25, 0.3) is 0 Å². The van der Waals surface area contributed by atoms with E-state index >= 15 is 0 Å². The van der Waals surface area contributed by atoms with Crippen molar-refractivity contribution >= 4 is 39.1 Å². The molecule has 1 aliphatic heterocycles. The third-order valence-corrected chi connectivity index (χ3v) is 5.76. The number of benzene rings is 1. The number of hydrogen-bond donors (Lipinski definition) is 1. The Morgan fingerprint density at radius 2 is 1.84 bits per heavy atom. The molecule has 2 N–H and O–H groups in total. The molecule has 7 heteroatoms. The minimum Gasteiger partial charge on any atom is -0.368 e. The highest BCUT2D eigenvalue weighted by Gasteiger charge is 2.29. The first-order valence-electron chi connectivity index (χ1n) is 8.18. The van der Waals surface area contributed by atoms with Crippen molar-refractivity contribution in [1.29, 1.82) is 0 Å². The number of thiophene rings is 1. The van der Waals surface area contributed by atoms with Crippen molar-refractivity contribution in [2.24, 2.45) is 5.73 Å². The minimum atomic E-state index is -0.468. The number of amides is 2. The normalized spacial score (nSPS) is 17.1. The Labute approximate surface area is 159 Å². The fourth-order valence-electron chi connectivity index (χ4n) is 3.15. The molecule has 132 valence electrons. The Morgan fingerprint density at radius 1 is 1.08 bits per heavy atom. The Morgan fingerprint density at radius 3 is 2.48 bits per heavy atom. The monoisotopic (exact) mass is 421 g/mol. The summed E-state index contributed by atoms with van der Waals surface area (Å²) < 4.78 is 0.961. The Balaban J connectivity index is 1.73. The molecule has 0 bridgehead atoms. The van der Waals surface area contributed by atoms with Gasteiger partial charge in [0.05, 0.1) is 4.88 Å². The molecular weight excluding hydrogens is 402 g/mol. The third-order valence-electron chi connectivity index (χ3n) is 4.37. The van der Waals surface area contributed by atoms with Crippen LogP contribution in [0.15, 0.2) is 46.3 Å². The molecule has 5 nitrogen and oxygen atoms in total. The molecule has 25 heavy (non-hydrogen) atoms. The second kappa shape index (κ2) is 8.12. The van der Waals surface area contributed by atoms with E-state index in [0.29, 0.717) is 19.6 Å². The Kier molecular flexibility index (Phi) is 5.88. The van der Waals surface area contributed by atoms with Crippen molar-refractivity contribution in [2.45, 2.75) is 12.5 Å². The largest absolute Gasteiger partial charge is 0.368 e. The predicted molar refractivity (Wildman–Crippen MR) is 102 cm³/mol. The molecule has 3 rings (SSSR count). The Bertz CT molecular complexity index is 733. The van der Waals surface area contributed by atoms with Gasteiger partial charge in [0.1, 0.15) is 6.04 Å². The summed E-state index contributed by atoms with van der Waals surface area (Å²) in [5.41, 5.74) is 6.57. The zero-order valence-electron chi connectivity index (χ0n) is 13.7. The number of carbonyl (C=O) groups is 2. The maximum Gasteiger partial charge on any atom is 0.263 e. The van der Waals surface area contributed by atoms with Crippen LogP contribution in [0.2, 0.25) is 0 Å². The maximum atomic E-state index is 12.6. The van der Waals surface area contributed by atoms with Gasteiger partial charge >= 0.3 is 0 Å². The fraction of sp³-hybridized carbons (Fsp3) is 0.333. The molecule has 1 atom stereocenters. The van der Waals surface area contributed by atoms with E-state index in [0.717, 1.165) is 27.9 Å². The van der Waals surface area contributed by atoms with Gasteiger partial charge in [-0.15, -0.1) is 11.3 Å². The first-order valence-corrected chi connectivity index (χ1v) is 9.85. The van der Waals surface area contributed by atoms with Gasteiger partial charge in [0.2, 0.25) is 5.91 Å². The smallest absolute Gasteiger partial charge is 0.263 e. The third kappa shape index (κ3) is 4.29. The SMILES string of the molecule is NC(=O)C(c1ccc(Br)cc1)N1CCCN(C(=O)c2cccs2)CC1. The molecule has 2 aromatic rings. The molecular formula is C18H20BrN3O2S. The molecule has 0 aliphatic carbocycles. The van der Waals surface area contributed by atoms with Crippen LogP contribution in [0.5, 0.6) is 0 Å². The van der Waals surface area contributed by atoms with Gasteiger partial charge in [-0.05, 0) is 35.6 Å². The van der Waals surface area contributed by atoms with Gasteiger partial charge in [0, 0.05) is 30.7 Å². The van der Waals surface area contributed by atoms with Gasteiger partial charge in [0.15, 0.2) is 0 Å². The summed E-state index contributed by atoms with van der Waals surface area (Å²) in [5.74, 6) is -0.295. The Hall–Kier alpha value is -1.70.